The number of nitrogens with one attached hydrogen (secondary N) is 1. The summed E-state index contributed by atoms with van der Waals surface area (Å²) < 4.78 is 51.2. The van der Waals surface area contributed by atoms with Gasteiger partial charge in [-0.3, -0.25) is 4.90 Å². The zero-order valence-electron chi connectivity index (χ0n) is 18.8. The third-order valence-corrected chi connectivity index (χ3v) is 6.64. The minimum atomic E-state index is -4.22. The van der Waals surface area contributed by atoms with Gasteiger partial charge in [-0.2, -0.15) is 13.2 Å². The lowest BCUT2D eigenvalue weighted by molar-refractivity contribution is -0.187. The molecule has 2 aliphatic rings. The maximum absolute atomic E-state index is 13.1. The van der Waals surface area contributed by atoms with Crippen LogP contribution in [-0.4, -0.2) is 59.0 Å². The first-order valence-electron chi connectivity index (χ1n) is 11.0. The number of aromatic nitrogens is 2. The molecule has 2 unspecified atom stereocenters. The number of morpholine rings is 1. The molecule has 34 heavy (non-hydrogen) atoms. The lowest BCUT2D eigenvalue weighted by atomic mass is 9.90. The van der Waals surface area contributed by atoms with Gasteiger partial charge in [0.15, 0.2) is 5.69 Å². The summed E-state index contributed by atoms with van der Waals surface area (Å²) in [7, 11) is 0. The molecule has 4 atom stereocenters. The summed E-state index contributed by atoms with van der Waals surface area (Å²) in [6.45, 7) is 10.9. The van der Waals surface area contributed by atoms with Crippen LogP contribution in [0.3, 0.4) is 0 Å². The van der Waals surface area contributed by atoms with Crippen LogP contribution < -0.4 is 10.1 Å². The minimum Gasteiger partial charge on any atom is -0.474 e. The molecule has 3 heterocycles. The molecular weight excluding hydrogens is 471 g/mol. The highest BCUT2D eigenvalue weighted by Gasteiger charge is 2.44. The van der Waals surface area contributed by atoms with E-state index in [0.29, 0.717) is 59.7 Å². The van der Waals surface area contributed by atoms with Crippen LogP contribution in [0.25, 0.3) is 4.85 Å². The summed E-state index contributed by atoms with van der Waals surface area (Å²) >= 11 is 6.27. The van der Waals surface area contributed by atoms with Crippen molar-refractivity contribution in [2.24, 2.45) is 5.92 Å². The van der Waals surface area contributed by atoms with E-state index in [4.69, 9.17) is 27.6 Å². The highest BCUT2D eigenvalue weighted by Crippen LogP contribution is 2.36. The van der Waals surface area contributed by atoms with Crippen molar-refractivity contribution in [3.8, 4) is 5.88 Å². The molecule has 0 aliphatic carbocycles. The summed E-state index contributed by atoms with van der Waals surface area (Å²) in [5, 5.41) is 3.54. The quantitative estimate of drug-likeness (QED) is 0.531. The van der Waals surface area contributed by atoms with Crippen molar-refractivity contribution in [3.05, 3.63) is 46.5 Å². The van der Waals surface area contributed by atoms with Gasteiger partial charge in [-0.15, -0.1) is 0 Å². The number of anilines is 2. The number of hydrogen-bond donors (Lipinski definition) is 1. The van der Waals surface area contributed by atoms with Crippen LogP contribution in [0, 0.1) is 19.4 Å². The van der Waals surface area contributed by atoms with Crippen molar-refractivity contribution in [1.82, 2.24) is 14.9 Å². The molecular formula is C23H25ClF3N5O2. The van der Waals surface area contributed by atoms with Crippen LogP contribution >= 0.6 is 11.6 Å². The predicted octanol–water partition coefficient (Wildman–Crippen LogP) is 5.54. The van der Waals surface area contributed by atoms with Crippen molar-refractivity contribution in [1.29, 1.82) is 0 Å². The number of hydrogen-bond acceptors (Lipinski definition) is 6. The molecule has 1 aromatic carbocycles. The van der Waals surface area contributed by atoms with Crippen LogP contribution in [0.5, 0.6) is 5.88 Å². The summed E-state index contributed by atoms with van der Waals surface area (Å²) in [6, 6.07) is 4.66. The molecule has 2 fully saturated rings. The molecule has 2 aliphatic heterocycles. The first-order valence-corrected chi connectivity index (χ1v) is 11.4. The highest BCUT2D eigenvalue weighted by molar-refractivity contribution is 6.33. The van der Waals surface area contributed by atoms with Gasteiger partial charge in [0.25, 0.3) is 0 Å². The number of fused-ring (bicyclic) bond motifs is 2. The Morgan fingerprint density at radius 3 is 2.62 bits per heavy atom. The van der Waals surface area contributed by atoms with Gasteiger partial charge in [-0.25, -0.2) is 14.8 Å². The second kappa shape index (κ2) is 9.94. The molecule has 2 saturated heterocycles. The zero-order valence-corrected chi connectivity index (χ0v) is 19.5. The Morgan fingerprint density at radius 1 is 1.29 bits per heavy atom. The van der Waals surface area contributed by atoms with E-state index in [-0.39, 0.29) is 24.7 Å². The van der Waals surface area contributed by atoms with E-state index in [1.165, 1.54) is 13.3 Å². The normalized spacial score (nSPS) is 23.7. The van der Waals surface area contributed by atoms with Gasteiger partial charge < -0.3 is 14.8 Å². The maximum Gasteiger partial charge on any atom is 0.392 e. The van der Waals surface area contributed by atoms with Crippen LogP contribution in [0.2, 0.25) is 5.02 Å². The smallest absolute Gasteiger partial charge is 0.392 e. The SMILES string of the molecule is [C-]#[N+]c1ccc(Nc2ncnc(O[C@@H]3CC4COC[C@@H](C3)N4CC(C)C(F)(F)F)c2C)c(Cl)c1. The first-order chi connectivity index (χ1) is 16.2. The van der Waals surface area contributed by atoms with E-state index in [0.717, 1.165) is 0 Å². The number of rotatable bonds is 6. The van der Waals surface area contributed by atoms with Crippen molar-refractivity contribution in [2.75, 3.05) is 25.1 Å². The predicted molar refractivity (Wildman–Crippen MR) is 122 cm³/mol. The summed E-state index contributed by atoms with van der Waals surface area (Å²) in [5.74, 6) is -0.476. The molecule has 11 heteroatoms. The molecule has 1 aromatic heterocycles. The van der Waals surface area contributed by atoms with E-state index in [2.05, 4.69) is 20.1 Å². The first kappa shape index (κ1) is 24.5. The summed E-state index contributed by atoms with van der Waals surface area (Å²) in [4.78, 5) is 13.8. The molecule has 7 nitrogen and oxygen atoms in total. The van der Waals surface area contributed by atoms with Crippen molar-refractivity contribution in [3.63, 3.8) is 0 Å². The average Bonchev–Trinajstić information content (AvgIpc) is 2.77. The second-order valence-electron chi connectivity index (χ2n) is 8.75. The Balaban J connectivity index is 1.45. The number of ether oxygens (including phenoxy) is 2. The summed E-state index contributed by atoms with van der Waals surface area (Å²) in [6.07, 6.45) is -1.92. The van der Waals surface area contributed by atoms with Gasteiger partial charge in [0.2, 0.25) is 5.88 Å². The minimum absolute atomic E-state index is 0.0391. The van der Waals surface area contributed by atoms with Gasteiger partial charge in [0, 0.05) is 31.5 Å². The number of alkyl halides is 3. The van der Waals surface area contributed by atoms with Gasteiger partial charge >= 0.3 is 6.18 Å². The van der Waals surface area contributed by atoms with E-state index < -0.39 is 12.1 Å². The fourth-order valence-electron chi connectivity index (χ4n) is 4.39. The lowest BCUT2D eigenvalue weighted by Gasteiger charge is -2.49. The third kappa shape index (κ3) is 5.37. The molecule has 0 radical (unpaired) electrons. The van der Waals surface area contributed by atoms with E-state index >= 15 is 0 Å². The van der Waals surface area contributed by atoms with Gasteiger partial charge in [-0.05, 0) is 19.1 Å². The topological polar surface area (TPSA) is 63.9 Å². The molecule has 4 rings (SSSR count). The zero-order chi connectivity index (χ0) is 24.5. The molecule has 2 aromatic rings. The average molecular weight is 496 g/mol. The largest absolute Gasteiger partial charge is 0.474 e. The van der Waals surface area contributed by atoms with Crippen molar-refractivity contribution in [2.45, 2.75) is 51.1 Å². The number of halogens is 4. The summed E-state index contributed by atoms with van der Waals surface area (Å²) in [5.41, 5.74) is 1.72. The van der Waals surface area contributed by atoms with Gasteiger partial charge in [0.1, 0.15) is 18.2 Å². The number of piperidine rings is 1. The van der Waals surface area contributed by atoms with Gasteiger partial charge in [-0.1, -0.05) is 24.6 Å². The number of nitrogens with zero attached hydrogens (tertiary/aromatic N) is 4. The molecule has 182 valence electrons. The monoisotopic (exact) mass is 495 g/mol. The Labute approximate surface area is 201 Å². The second-order valence-corrected chi connectivity index (χ2v) is 9.16. The van der Waals surface area contributed by atoms with E-state index in [1.54, 1.807) is 18.2 Å². The Bertz CT molecular complexity index is 1060. The Kier molecular flexibility index (Phi) is 7.17. The Hall–Kier alpha value is -2.61. The molecule has 1 N–H and O–H groups in total. The van der Waals surface area contributed by atoms with Crippen LogP contribution in [0.15, 0.2) is 24.5 Å². The van der Waals surface area contributed by atoms with Crippen LogP contribution in [-0.2, 0) is 4.74 Å². The van der Waals surface area contributed by atoms with Crippen LogP contribution in [0.4, 0.5) is 30.4 Å². The third-order valence-electron chi connectivity index (χ3n) is 6.32. The molecule has 2 bridgehead atoms. The maximum atomic E-state index is 13.1. The molecule has 0 spiro atoms. The van der Waals surface area contributed by atoms with Crippen LogP contribution in [0.1, 0.15) is 25.3 Å². The molecule has 0 amide bonds. The number of benzene rings is 1. The van der Waals surface area contributed by atoms with E-state index in [1.807, 2.05) is 11.8 Å². The molecule has 0 saturated carbocycles. The highest BCUT2D eigenvalue weighted by atomic mass is 35.5. The van der Waals surface area contributed by atoms with E-state index in [9.17, 15) is 13.2 Å². The Morgan fingerprint density at radius 2 is 2.00 bits per heavy atom. The standard InChI is InChI=1S/C23H25ClF3N5O2/c1-13(23(25,26)27)9-32-16-7-18(8-17(32)11-33-10-16)34-22-14(2)21(29-12-30-22)31-20-5-4-15(28-3)6-19(20)24/h4-6,12-13,16-18H,7-11H2,1-2H3,(H,29,30,31)/t13?,16-,17?,18+/m1/s1. The lowest BCUT2D eigenvalue weighted by Crippen LogP contribution is -2.60. The van der Waals surface area contributed by atoms with Crippen molar-refractivity contribution < 1.29 is 22.6 Å². The fourth-order valence-corrected chi connectivity index (χ4v) is 4.62. The van der Waals surface area contributed by atoms with Crippen molar-refractivity contribution >= 4 is 28.8 Å². The van der Waals surface area contributed by atoms with Gasteiger partial charge in [0.05, 0.1) is 42.0 Å². The fraction of sp³-hybridized carbons (Fsp3) is 0.522.